The van der Waals surface area contributed by atoms with Gasteiger partial charge in [-0.15, -0.1) is 0 Å². The number of piperidine rings is 1. The van der Waals surface area contributed by atoms with Crippen molar-refractivity contribution in [1.82, 2.24) is 24.0 Å². The number of hydrogen-bond donors (Lipinski definition) is 0. The Balaban J connectivity index is 1.61. The summed E-state index contributed by atoms with van der Waals surface area (Å²) in [5, 5.41) is 0. The van der Waals surface area contributed by atoms with Gasteiger partial charge < -0.3 is 9.30 Å². The third-order valence-corrected chi connectivity index (χ3v) is 5.65. The Kier molecular flexibility index (Phi) is 5.19. The summed E-state index contributed by atoms with van der Waals surface area (Å²) in [4.78, 5) is 36.5. The zero-order valence-electron chi connectivity index (χ0n) is 17.0. The molecule has 0 radical (unpaired) electrons. The largest absolute Gasteiger partial charge is 0.481 e. The van der Waals surface area contributed by atoms with E-state index in [2.05, 4.69) is 14.9 Å². The standard InChI is InChI=1S/C21H25N5O3/c1-14-6-7-17-18(23-14)26(21(28)20(27)24(17)2)16-8-11-25(12-9-16)13-15-5-4-10-22-19(15)29-3/h4-7,10,16H,8-9,11-13H2,1-3H3. The van der Waals surface area contributed by atoms with Gasteiger partial charge in [-0.05, 0) is 38.0 Å². The van der Waals surface area contributed by atoms with Crippen LogP contribution in [0.5, 0.6) is 5.88 Å². The number of aromatic nitrogens is 4. The van der Waals surface area contributed by atoms with Gasteiger partial charge >= 0.3 is 11.1 Å². The summed E-state index contributed by atoms with van der Waals surface area (Å²) in [5.74, 6) is 0.642. The van der Waals surface area contributed by atoms with Crippen molar-refractivity contribution in [3.63, 3.8) is 0 Å². The van der Waals surface area contributed by atoms with Crippen LogP contribution in [0.4, 0.5) is 0 Å². The van der Waals surface area contributed by atoms with Gasteiger partial charge in [0, 0.05) is 50.2 Å². The fraction of sp³-hybridized carbons (Fsp3) is 0.429. The third kappa shape index (κ3) is 3.55. The molecule has 4 rings (SSSR count). The van der Waals surface area contributed by atoms with Crippen molar-refractivity contribution in [2.75, 3.05) is 20.2 Å². The molecule has 1 fully saturated rings. The minimum atomic E-state index is -0.509. The molecule has 4 heterocycles. The van der Waals surface area contributed by atoms with Crippen molar-refractivity contribution in [3.05, 3.63) is 62.4 Å². The lowest BCUT2D eigenvalue weighted by molar-refractivity contribution is 0.177. The van der Waals surface area contributed by atoms with Crippen LogP contribution < -0.4 is 15.9 Å². The molecule has 0 aromatic carbocycles. The van der Waals surface area contributed by atoms with Gasteiger partial charge in [-0.1, -0.05) is 6.07 Å². The molecular weight excluding hydrogens is 370 g/mol. The van der Waals surface area contributed by atoms with Gasteiger partial charge in [0.05, 0.1) is 12.6 Å². The molecule has 3 aromatic heterocycles. The molecule has 0 aliphatic carbocycles. The smallest absolute Gasteiger partial charge is 0.318 e. The monoisotopic (exact) mass is 395 g/mol. The molecule has 0 saturated carbocycles. The average molecular weight is 395 g/mol. The van der Waals surface area contributed by atoms with Gasteiger partial charge in [-0.25, -0.2) is 9.97 Å². The Bertz CT molecular complexity index is 1160. The molecule has 29 heavy (non-hydrogen) atoms. The number of nitrogens with zero attached hydrogens (tertiary/aromatic N) is 5. The molecule has 0 atom stereocenters. The highest BCUT2D eigenvalue weighted by atomic mass is 16.5. The summed E-state index contributed by atoms with van der Waals surface area (Å²) in [6, 6.07) is 7.60. The summed E-state index contributed by atoms with van der Waals surface area (Å²) in [6.07, 6.45) is 3.28. The number of fused-ring (bicyclic) bond motifs is 1. The predicted octanol–water partition coefficient (Wildman–Crippen LogP) is 1.64. The number of methoxy groups -OCH3 is 1. The minimum absolute atomic E-state index is 0.0414. The molecule has 3 aromatic rings. The lowest BCUT2D eigenvalue weighted by Gasteiger charge is -2.33. The van der Waals surface area contributed by atoms with E-state index in [0.717, 1.165) is 43.7 Å². The first-order valence-electron chi connectivity index (χ1n) is 9.78. The first-order valence-corrected chi connectivity index (χ1v) is 9.78. The Morgan fingerprint density at radius 1 is 1.14 bits per heavy atom. The van der Waals surface area contributed by atoms with Gasteiger partial charge in [-0.3, -0.25) is 19.1 Å². The molecule has 8 nitrogen and oxygen atoms in total. The number of rotatable bonds is 4. The highest BCUT2D eigenvalue weighted by Crippen LogP contribution is 2.26. The van der Waals surface area contributed by atoms with Crippen molar-refractivity contribution in [2.24, 2.45) is 7.05 Å². The molecule has 152 valence electrons. The number of ether oxygens (including phenoxy) is 1. The maximum absolute atomic E-state index is 12.8. The van der Waals surface area contributed by atoms with E-state index < -0.39 is 11.1 Å². The van der Waals surface area contributed by atoms with E-state index in [0.29, 0.717) is 17.0 Å². The van der Waals surface area contributed by atoms with Crippen LogP contribution in [-0.2, 0) is 13.6 Å². The fourth-order valence-corrected chi connectivity index (χ4v) is 4.07. The third-order valence-electron chi connectivity index (χ3n) is 5.65. The summed E-state index contributed by atoms with van der Waals surface area (Å²) in [6.45, 7) is 4.27. The second-order valence-corrected chi connectivity index (χ2v) is 7.51. The first-order chi connectivity index (χ1) is 14.0. The summed E-state index contributed by atoms with van der Waals surface area (Å²) in [7, 11) is 3.25. The van der Waals surface area contributed by atoms with Gasteiger partial charge in [0.25, 0.3) is 0 Å². The molecule has 0 spiro atoms. The van der Waals surface area contributed by atoms with Crippen LogP contribution in [-0.4, -0.2) is 44.2 Å². The fourth-order valence-electron chi connectivity index (χ4n) is 4.07. The molecule has 1 aliphatic rings. The Morgan fingerprint density at radius 2 is 1.90 bits per heavy atom. The van der Waals surface area contributed by atoms with Gasteiger partial charge in [0.1, 0.15) is 0 Å². The molecule has 0 N–H and O–H groups in total. The number of hydrogen-bond acceptors (Lipinski definition) is 6. The molecule has 0 amide bonds. The zero-order chi connectivity index (χ0) is 20.5. The van der Waals surface area contributed by atoms with Gasteiger partial charge in [0.15, 0.2) is 5.65 Å². The molecule has 8 heteroatoms. The van der Waals surface area contributed by atoms with Crippen LogP contribution in [0.1, 0.15) is 30.1 Å². The van der Waals surface area contributed by atoms with Crippen molar-refractivity contribution < 1.29 is 4.74 Å². The van der Waals surface area contributed by atoms with Crippen molar-refractivity contribution >= 4 is 11.2 Å². The molecule has 1 saturated heterocycles. The van der Waals surface area contributed by atoms with Gasteiger partial charge in [0.2, 0.25) is 5.88 Å². The summed E-state index contributed by atoms with van der Waals surface area (Å²) < 4.78 is 8.36. The van der Waals surface area contributed by atoms with E-state index in [1.54, 1.807) is 24.9 Å². The lowest BCUT2D eigenvalue weighted by atomic mass is 10.0. The Morgan fingerprint density at radius 3 is 2.62 bits per heavy atom. The maximum atomic E-state index is 12.8. The second kappa shape index (κ2) is 7.79. The molecule has 1 aliphatic heterocycles. The van der Waals surface area contributed by atoms with Crippen molar-refractivity contribution in [3.8, 4) is 5.88 Å². The van der Waals surface area contributed by atoms with E-state index in [1.807, 2.05) is 31.2 Å². The Hall–Kier alpha value is -3.00. The predicted molar refractivity (Wildman–Crippen MR) is 110 cm³/mol. The topological polar surface area (TPSA) is 82.3 Å². The van der Waals surface area contributed by atoms with Crippen LogP contribution in [0.3, 0.4) is 0 Å². The zero-order valence-corrected chi connectivity index (χ0v) is 17.0. The van der Waals surface area contributed by atoms with Crippen molar-refractivity contribution in [2.45, 2.75) is 32.4 Å². The van der Waals surface area contributed by atoms with Crippen LogP contribution >= 0.6 is 0 Å². The van der Waals surface area contributed by atoms with Crippen LogP contribution in [0.15, 0.2) is 40.1 Å². The first kappa shape index (κ1) is 19.3. The van der Waals surface area contributed by atoms with Crippen molar-refractivity contribution in [1.29, 1.82) is 0 Å². The number of pyridine rings is 2. The highest BCUT2D eigenvalue weighted by molar-refractivity contribution is 5.71. The van der Waals surface area contributed by atoms with E-state index in [4.69, 9.17) is 4.74 Å². The van der Waals surface area contributed by atoms with Gasteiger partial charge in [-0.2, -0.15) is 0 Å². The number of aryl methyl sites for hydroxylation is 2. The second-order valence-electron chi connectivity index (χ2n) is 7.51. The van der Waals surface area contributed by atoms with Crippen LogP contribution in [0.25, 0.3) is 11.2 Å². The summed E-state index contributed by atoms with van der Waals surface area (Å²) in [5.41, 5.74) is 2.13. The van der Waals surface area contributed by atoms with E-state index >= 15 is 0 Å². The lowest BCUT2D eigenvalue weighted by Crippen LogP contribution is -2.45. The average Bonchev–Trinajstić information content (AvgIpc) is 2.74. The van der Waals surface area contributed by atoms with Crippen LogP contribution in [0, 0.1) is 6.92 Å². The SMILES string of the molecule is COc1ncccc1CN1CCC(n2c(=O)c(=O)n(C)c3ccc(C)nc32)CC1. The Labute approximate surface area is 168 Å². The molecule has 0 unspecified atom stereocenters. The van der Waals surface area contributed by atoms with E-state index in [9.17, 15) is 9.59 Å². The minimum Gasteiger partial charge on any atom is -0.481 e. The number of likely N-dealkylation sites (tertiary alicyclic amines) is 1. The maximum Gasteiger partial charge on any atom is 0.318 e. The normalized spacial score (nSPS) is 15.7. The van der Waals surface area contributed by atoms with E-state index in [1.165, 1.54) is 4.57 Å². The molecule has 0 bridgehead atoms. The molecular formula is C21H25N5O3. The van der Waals surface area contributed by atoms with E-state index in [-0.39, 0.29) is 6.04 Å². The summed E-state index contributed by atoms with van der Waals surface area (Å²) >= 11 is 0. The van der Waals surface area contributed by atoms with Crippen LogP contribution in [0.2, 0.25) is 0 Å². The quantitative estimate of drug-likeness (QED) is 0.625. The highest BCUT2D eigenvalue weighted by Gasteiger charge is 2.25.